The number of rotatable bonds is 2. The summed E-state index contributed by atoms with van der Waals surface area (Å²) >= 11 is 0. The van der Waals surface area contributed by atoms with Crippen molar-refractivity contribution in [2.75, 3.05) is 0 Å². The molecule has 0 unspecified atom stereocenters. The summed E-state index contributed by atoms with van der Waals surface area (Å²) in [6.45, 7) is 2.02. The van der Waals surface area contributed by atoms with Gasteiger partial charge in [-0.3, -0.25) is 0 Å². The Kier molecular flexibility index (Phi) is 4.06. The summed E-state index contributed by atoms with van der Waals surface area (Å²) in [7, 11) is 0. The Morgan fingerprint density at radius 3 is 2.22 bits per heavy atom. The van der Waals surface area contributed by atoms with Crippen LogP contribution in [-0.2, 0) is 19.0 Å². The van der Waals surface area contributed by atoms with Crippen molar-refractivity contribution < 1.29 is 22.0 Å². The van der Waals surface area contributed by atoms with Gasteiger partial charge in [-0.25, -0.2) is 8.78 Å². The van der Waals surface area contributed by atoms with E-state index in [1.807, 2.05) is 25.1 Å². The second kappa shape index (κ2) is 6.19. The molecule has 0 nitrogen and oxygen atoms in total. The average molecular weight is 374 g/mol. The molecule has 0 heterocycles. The number of alkyl halides is 3. The third-order valence-corrected chi connectivity index (χ3v) is 5.06. The Morgan fingerprint density at radius 2 is 1.59 bits per heavy atom. The van der Waals surface area contributed by atoms with E-state index in [4.69, 9.17) is 0 Å². The van der Waals surface area contributed by atoms with Crippen molar-refractivity contribution in [3.05, 3.63) is 82.4 Å². The zero-order chi connectivity index (χ0) is 19.3. The largest absolute Gasteiger partial charge is 0.416 e. The molecule has 0 amide bonds. The number of fused-ring (bicyclic) bond motifs is 3. The summed E-state index contributed by atoms with van der Waals surface area (Å²) in [5.41, 5.74) is 2.70. The second-order valence-electron chi connectivity index (χ2n) is 6.67. The van der Waals surface area contributed by atoms with Gasteiger partial charge in [0.1, 0.15) is 11.6 Å². The van der Waals surface area contributed by atoms with Gasteiger partial charge in [-0.05, 0) is 52.4 Å². The Balaban J connectivity index is 1.81. The highest BCUT2D eigenvalue weighted by Gasteiger charge is 2.31. The molecule has 0 fully saturated rings. The lowest BCUT2D eigenvalue weighted by Gasteiger charge is -2.12. The molecule has 0 aliphatic heterocycles. The molecule has 0 saturated carbocycles. The first-order valence-electron chi connectivity index (χ1n) is 8.60. The van der Waals surface area contributed by atoms with E-state index in [9.17, 15) is 17.6 Å². The van der Waals surface area contributed by atoms with Gasteiger partial charge in [0.2, 0.25) is 0 Å². The topological polar surface area (TPSA) is 0 Å². The molecule has 0 spiro atoms. The first-order chi connectivity index (χ1) is 12.8. The van der Waals surface area contributed by atoms with Gasteiger partial charge >= 0.3 is 6.18 Å². The Bertz CT molecular complexity index is 1030. The molecule has 0 radical (unpaired) electrons. The molecular weight excluding hydrogens is 359 g/mol. The molecule has 0 N–H and O–H groups in total. The third-order valence-electron chi connectivity index (χ3n) is 5.06. The Morgan fingerprint density at radius 1 is 0.889 bits per heavy atom. The minimum absolute atomic E-state index is 0.0889. The monoisotopic (exact) mass is 374 g/mol. The summed E-state index contributed by atoms with van der Waals surface area (Å²) < 4.78 is 68.0. The molecule has 0 saturated heterocycles. The fourth-order valence-electron chi connectivity index (χ4n) is 3.63. The first-order valence-corrected chi connectivity index (χ1v) is 8.60. The number of hydrogen-bond donors (Lipinski definition) is 0. The molecule has 3 aromatic rings. The fraction of sp³-hybridized carbons (Fsp3) is 0.182. The number of benzene rings is 3. The van der Waals surface area contributed by atoms with Crippen LogP contribution in [0.2, 0.25) is 0 Å². The van der Waals surface area contributed by atoms with Crippen molar-refractivity contribution >= 4 is 0 Å². The van der Waals surface area contributed by atoms with E-state index in [-0.39, 0.29) is 11.1 Å². The van der Waals surface area contributed by atoms with E-state index in [1.54, 1.807) is 0 Å². The summed E-state index contributed by atoms with van der Waals surface area (Å²) in [6, 6.07) is 11.0. The van der Waals surface area contributed by atoms with Crippen LogP contribution in [0.4, 0.5) is 22.0 Å². The van der Waals surface area contributed by atoms with Crippen molar-refractivity contribution in [1.29, 1.82) is 0 Å². The number of hydrogen-bond acceptors (Lipinski definition) is 0. The zero-order valence-corrected chi connectivity index (χ0v) is 14.4. The highest BCUT2D eigenvalue weighted by atomic mass is 19.4. The van der Waals surface area contributed by atoms with Crippen LogP contribution >= 0.6 is 0 Å². The van der Waals surface area contributed by atoms with E-state index in [0.29, 0.717) is 17.5 Å². The molecule has 138 valence electrons. The van der Waals surface area contributed by atoms with E-state index >= 15 is 4.39 Å². The minimum atomic E-state index is -4.49. The highest BCUT2D eigenvalue weighted by Crippen LogP contribution is 2.43. The lowest BCUT2D eigenvalue weighted by molar-refractivity contribution is -0.137. The van der Waals surface area contributed by atoms with Crippen LogP contribution in [0.25, 0.3) is 22.3 Å². The lowest BCUT2D eigenvalue weighted by atomic mass is 9.96. The summed E-state index contributed by atoms with van der Waals surface area (Å²) in [6.07, 6.45) is -3.30. The maximum Gasteiger partial charge on any atom is 0.416 e. The van der Waals surface area contributed by atoms with Gasteiger partial charge in [0.05, 0.1) is 11.1 Å². The Labute approximate surface area is 153 Å². The van der Waals surface area contributed by atoms with E-state index in [1.165, 1.54) is 6.07 Å². The molecule has 1 aliphatic carbocycles. The molecule has 0 bridgehead atoms. The molecular formula is C22H15F5. The molecule has 3 aromatic carbocycles. The van der Waals surface area contributed by atoms with Crippen LogP contribution in [0.3, 0.4) is 0 Å². The van der Waals surface area contributed by atoms with Gasteiger partial charge in [-0.15, -0.1) is 0 Å². The van der Waals surface area contributed by atoms with Crippen molar-refractivity contribution in [2.24, 2.45) is 0 Å². The van der Waals surface area contributed by atoms with E-state index < -0.39 is 23.4 Å². The maximum absolute atomic E-state index is 15.1. The molecule has 27 heavy (non-hydrogen) atoms. The summed E-state index contributed by atoms with van der Waals surface area (Å²) in [4.78, 5) is 0. The van der Waals surface area contributed by atoms with Crippen LogP contribution < -0.4 is 0 Å². The van der Waals surface area contributed by atoms with Crippen molar-refractivity contribution in [3.8, 4) is 22.3 Å². The lowest BCUT2D eigenvalue weighted by Crippen LogP contribution is -2.04. The van der Waals surface area contributed by atoms with E-state index in [0.717, 1.165) is 47.4 Å². The SMILES string of the molecule is CCc1ccc2c(c1)Cc1c-2cc(F)c(-c2ccc(C(F)(F)F)cc2)c1F. The van der Waals surface area contributed by atoms with Crippen LogP contribution in [0.15, 0.2) is 48.5 Å². The van der Waals surface area contributed by atoms with Crippen LogP contribution in [0.1, 0.15) is 29.2 Å². The molecule has 4 rings (SSSR count). The van der Waals surface area contributed by atoms with Crippen LogP contribution in [-0.4, -0.2) is 0 Å². The Hall–Kier alpha value is -2.69. The third kappa shape index (κ3) is 2.91. The molecule has 0 atom stereocenters. The standard InChI is InChI=1S/C22H15F5/c1-2-12-3-8-16-14(9-12)10-18-17(16)11-19(23)20(21(18)24)13-4-6-15(7-5-13)22(25,26)27/h3-9,11H,2,10H2,1H3. The molecule has 1 aliphatic rings. The smallest absolute Gasteiger partial charge is 0.206 e. The van der Waals surface area contributed by atoms with Gasteiger partial charge in [0.15, 0.2) is 0 Å². The average Bonchev–Trinajstić information content (AvgIpc) is 2.99. The van der Waals surface area contributed by atoms with Gasteiger partial charge in [-0.1, -0.05) is 37.3 Å². The van der Waals surface area contributed by atoms with Crippen molar-refractivity contribution in [3.63, 3.8) is 0 Å². The number of halogens is 5. The summed E-state index contributed by atoms with van der Waals surface area (Å²) in [5, 5.41) is 0. The van der Waals surface area contributed by atoms with Crippen LogP contribution in [0, 0.1) is 11.6 Å². The van der Waals surface area contributed by atoms with Gasteiger partial charge in [0, 0.05) is 12.0 Å². The summed E-state index contributed by atoms with van der Waals surface area (Å²) in [5.74, 6) is -1.49. The zero-order valence-electron chi connectivity index (χ0n) is 14.4. The quantitative estimate of drug-likeness (QED) is 0.339. The van der Waals surface area contributed by atoms with Crippen LogP contribution in [0.5, 0.6) is 0 Å². The number of aryl methyl sites for hydroxylation is 1. The normalized spacial score (nSPS) is 12.8. The van der Waals surface area contributed by atoms with Gasteiger partial charge in [-0.2, -0.15) is 13.2 Å². The second-order valence-corrected chi connectivity index (χ2v) is 6.67. The molecule has 0 aromatic heterocycles. The predicted octanol–water partition coefficient (Wildman–Crippen LogP) is 6.78. The maximum atomic E-state index is 15.1. The molecule has 5 heteroatoms. The van der Waals surface area contributed by atoms with Gasteiger partial charge < -0.3 is 0 Å². The van der Waals surface area contributed by atoms with Gasteiger partial charge in [0.25, 0.3) is 0 Å². The van der Waals surface area contributed by atoms with Crippen molar-refractivity contribution in [1.82, 2.24) is 0 Å². The first kappa shape index (κ1) is 17.7. The minimum Gasteiger partial charge on any atom is -0.206 e. The van der Waals surface area contributed by atoms with Crippen molar-refractivity contribution in [2.45, 2.75) is 25.9 Å². The fourth-order valence-corrected chi connectivity index (χ4v) is 3.63. The van der Waals surface area contributed by atoms with E-state index in [2.05, 4.69) is 0 Å². The highest BCUT2D eigenvalue weighted by molar-refractivity contribution is 5.81. The predicted molar refractivity (Wildman–Crippen MR) is 94.4 cm³/mol.